The summed E-state index contributed by atoms with van der Waals surface area (Å²) >= 11 is 0. The van der Waals surface area contributed by atoms with Crippen molar-refractivity contribution in [2.75, 3.05) is 20.2 Å². The Labute approximate surface area is 92.8 Å². The van der Waals surface area contributed by atoms with Gasteiger partial charge in [-0.05, 0) is 32.4 Å². The van der Waals surface area contributed by atoms with E-state index >= 15 is 0 Å². The molecular formula is C12H23NO2. The number of carbonyl (C=O) groups excluding carboxylic acids is 1. The van der Waals surface area contributed by atoms with Crippen molar-refractivity contribution in [1.29, 1.82) is 0 Å². The molecule has 0 saturated heterocycles. The zero-order valence-electron chi connectivity index (χ0n) is 10.00. The number of carbonyl (C=O) groups is 1. The summed E-state index contributed by atoms with van der Waals surface area (Å²) in [4.78, 5) is 13.5. The van der Waals surface area contributed by atoms with E-state index in [2.05, 4.69) is 16.6 Å². The first kappa shape index (κ1) is 12.5. The Morgan fingerprint density at radius 1 is 1.40 bits per heavy atom. The molecule has 1 rings (SSSR count). The Balaban J connectivity index is 2.18. The lowest BCUT2D eigenvalue weighted by atomic mass is 10.2. The van der Waals surface area contributed by atoms with Crippen molar-refractivity contribution in [1.82, 2.24) is 4.90 Å². The van der Waals surface area contributed by atoms with Gasteiger partial charge in [-0.25, -0.2) is 0 Å². The number of nitrogens with zero attached hydrogens (tertiary/aromatic N) is 1. The lowest BCUT2D eigenvalue weighted by Crippen LogP contribution is -2.34. The van der Waals surface area contributed by atoms with Crippen molar-refractivity contribution in [2.45, 2.75) is 51.5 Å². The standard InChI is InChI=1S/C12H23NO2/c1-3-13(11-7-4-5-8-11)10-6-9-12(14)15-2/h11H,3-10H2,1-2H3. The van der Waals surface area contributed by atoms with Crippen LogP contribution in [0.1, 0.15) is 45.4 Å². The van der Waals surface area contributed by atoms with Crippen LogP contribution in [0.3, 0.4) is 0 Å². The number of rotatable bonds is 6. The molecule has 0 heterocycles. The lowest BCUT2D eigenvalue weighted by molar-refractivity contribution is -0.140. The highest BCUT2D eigenvalue weighted by molar-refractivity contribution is 5.69. The van der Waals surface area contributed by atoms with Crippen molar-refractivity contribution < 1.29 is 9.53 Å². The van der Waals surface area contributed by atoms with Crippen molar-refractivity contribution >= 4 is 5.97 Å². The predicted octanol–water partition coefficient (Wildman–Crippen LogP) is 2.20. The molecule has 15 heavy (non-hydrogen) atoms. The second-order valence-electron chi connectivity index (χ2n) is 4.25. The third kappa shape index (κ3) is 4.20. The maximum absolute atomic E-state index is 11.0. The fraction of sp³-hybridized carbons (Fsp3) is 0.917. The van der Waals surface area contributed by atoms with Crippen LogP contribution in [-0.4, -0.2) is 37.1 Å². The number of ether oxygens (including phenoxy) is 1. The van der Waals surface area contributed by atoms with Crippen LogP contribution in [0, 0.1) is 0 Å². The normalized spacial score (nSPS) is 17.3. The molecule has 3 nitrogen and oxygen atoms in total. The minimum Gasteiger partial charge on any atom is -0.469 e. The minimum absolute atomic E-state index is 0.0857. The smallest absolute Gasteiger partial charge is 0.305 e. The van der Waals surface area contributed by atoms with E-state index in [1.807, 2.05) is 0 Å². The van der Waals surface area contributed by atoms with Crippen LogP contribution in [0.2, 0.25) is 0 Å². The van der Waals surface area contributed by atoms with Gasteiger partial charge in [0, 0.05) is 12.5 Å². The summed E-state index contributed by atoms with van der Waals surface area (Å²) in [5, 5.41) is 0. The molecule has 0 atom stereocenters. The molecular weight excluding hydrogens is 190 g/mol. The third-order valence-electron chi connectivity index (χ3n) is 3.30. The molecule has 1 saturated carbocycles. The van der Waals surface area contributed by atoms with Crippen LogP contribution < -0.4 is 0 Å². The molecule has 3 heteroatoms. The molecule has 0 unspecified atom stereocenters. The summed E-state index contributed by atoms with van der Waals surface area (Å²) in [7, 11) is 1.46. The first-order valence-electron chi connectivity index (χ1n) is 6.08. The zero-order chi connectivity index (χ0) is 11.1. The van der Waals surface area contributed by atoms with E-state index in [0.717, 1.165) is 25.6 Å². The summed E-state index contributed by atoms with van der Waals surface area (Å²) in [5.41, 5.74) is 0. The molecule has 1 fully saturated rings. The van der Waals surface area contributed by atoms with E-state index < -0.39 is 0 Å². The maximum atomic E-state index is 11.0. The fourth-order valence-corrected chi connectivity index (χ4v) is 2.40. The van der Waals surface area contributed by atoms with Gasteiger partial charge in [0.25, 0.3) is 0 Å². The van der Waals surface area contributed by atoms with Crippen LogP contribution in [0.15, 0.2) is 0 Å². The van der Waals surface area contributed by atoms with E-state index in [1.54, 1.807) is 0 Å². The van der Waals surface area contributed by atoms with Crippen LogP contribution in [0.25, 0.3) is 0 Å². The van der Waals surface area contributed by atoms with Gasteiger partial charge in [0.2, 0.25) is 0 Å². The lowest BCUT2D eigenvalue weighted by Gasteiger charge is -2.27. The van der Waals surface area contributed by atoms with E-state index in [1.165, 1.54) is 32.8 Å². The van der Waals surface area contributed by atoms with E-state index in [9.17, 15) is 4.79 Å². The Kier molecular flexibility index (Phi) is 5.69. The number of methoxy groups -OCH3 is 1. The van der Waals surface area contributed by atoms with Crippen LogP contribution >= 0.6 is 0 Å². The average Bonchev–Trinajstić information content (AvgIpc) is 2.77. The van der Waals surface area contributed by atoms with Crippen molar-refractivity contribution in [3.63, 3.8) is 0 Å². The van der Waals surface area contributed by atoms with Crippen LogP contribution in [0.5, 0.6) is 0 Å². The molecule has 0 aromatic rings. The fourth-order valence-electron chi connectivity index (χ4n) is 2.40. The summed E-state index contributed by atoms with van der Waals surface area (Å²) in [6, 6.07) is 0.771. The maximum Gasteiger partial charge on any atom is 0.305 e. The third-order valence-corrected chi connectivity index (χ3v) is 3.30. The highest BCUT2D eigenvalue weighted by atomic mass is 16.5. The molecule has 0 aliphatic heterocycles. The van der Waals surface area contributed by atoms with Crippen molar-refractivity contribution in [3.8, 4) is 0 Å². The van der Waals surface area contributed by atoms with Crippen LogP contribution in [0.4, 0.5) is 0 Å². The zero-order valence-corrected chi connectivity index (χ0v) is 10.00. The van der Waals surface area contributed by atoms with Gasteiger partial charge in [-0.15, -0.1) is 0 Å². The second-order valence-corrected chi connectivity index (χ2v) is 4.25. The highest BCUT2D eigenvalue weighted by Gasteiger charge is 2.20. The first-order valence-corrected chi connectivity index (χ1v) is 6.08. The number of hydrogen-bond acceptors (Lipinski definition) is 3. The Morgan fingerprint density at radius 3 is 2.60 bits per heavy atom. The molecule has 0 aromatic heterocycles. The second kappa shape index (κ2) is 6.83. The summed E-state index contributed by atoms with van der Waals surface area (Å²) in [6.07, 6.45) is 6.91. The van der Waals surface area contributed by atoms with Gasteiger partial charge in [-0.3, -0.25) is 4.79 Å². The van der Waals surface area contributed by atoms with E-state index in [4.69, 9.17) is 0 Å². The Hall–Kier alpha value is -0.570. The molecule has 88 valence electrons. The molecule has 0 bridgehead atoms. The minimum atomic E-state index is -0.0857. The largest absolute Gasteiger partial charge is 0.469 e. The Morgan fingerprint density at radius 2 is 2.07 bits per heavy atom. The molecule has 0 radical (unpaired) electrons. The average molecular weight is 213 g/mol. The molecule has 0 spiro atoms. The van der Waals surface area contributed by atoms with Gasteiger partial charge in [-0.2, -0.15) is 0 Å². The van der Waals surface area contributed by atoms with Gasteiger partial charge in [0.15, 0.2) is 0 Å². The van der Waals surface area contributed by atoms with Gasteiger partial charge in [-0.1, -0.05) is 19.8 Å². The van der Waals surface area contributed by atoms with Gasteiger partial charge in [0.05, 0.1) is 7.11 Å². The topological polar surface area (TPSA) is 29.5 Å². The Bertz CT molecular complexity index is 188. The van der Waals surface area contributed by atoms with E-state index in [0.29, 0.717) is 6.42 Å². The molecule has 1 aliphatic rings. The van der Waals surface area contributed by atoms with Crippen molar-refractivity contribution in [2.24, 2.45) is 0 Å². The predicted molar refractivity (Wildman–Crippen MR) is 60.8 cm³/mol. The summed E-state index contributed by atoms with van der Waals surface area (Å²) in [6.45, 7) is 4.35. The summed E-state index contributed by atoms with van der Waals surface area (Å²) < 4.78 is 4.63. The highest BCUT2D eigenvalue weighted by Crippen LogP contribution is 2.23. The van der Waals surface area contributed by atoms with Gasteiger partial charge in [0.1, 0.15) is 0 Å². The quantitative estimate of drug-likeness (QED) is 0.633. The van der Waals surface area contributed by atoms with E-state index in [-0.39, 0.29) is 5.97 Å². The SMILES string of the molecule is CCN(CCCC(=O)OC)C1CCCC1. The molecule has 0 N–H and O–H groups in total. The number of hydrogen-bond donors (Lipinski definition) is 0. The molecule has 0 aromatic carbocycles. The number of esters is 1. The monoisotopic (exact) mass is 213 g/mol. The van der Waals surface area contributed by atoms with Gasteiger partial charge >= 0.3 is 5.97 Å². The first-order chi connectivity index (χ1) is 7.27. The van der Waals surface area contributed by atoms with Crippen molar-refractivity contribution in [3.05, 3.63) is 0 Å². The van der Waals surface area contributed by atoms with Crippen LogP contribution in [-0.2, 0) is 9.53 Å². The van der Waals surface area contributed by atoms with Gasteiger partial charge < -0.3 is 9.64 Å². The summed E-state index contributed by atoms with van der Waals surface area (Å²) in [5.74, 6) is -0.0857. The molecule has 0 amide bonds. The molecule has 1 aliphatic carbocycles.